The lowest BCUT2D eigenvalue weighted by atomic mass is 10.1. The Kier molecular flexibility index (Phi) is 5.42. The Morgan fingerprint density at radius 1 is 1.50 bits per heavy atom. The van der Waals surface area contributed by atoms with E-state index < -0.39 is 10.8 Å². The summed E-state index contributed by atoms with van der Waals surface area (Å²) in [6.07, 6.45) is 0. The molecule has 0 spiro atoms. The number of nitrogens with two attached hydrogens (primary N) is 2. The minimum atomic E-state index is -0.507. The summed E-state index contributed by atoms with van der Waals surface area (Å²) in [5.74, 6) is 4.93. The summed E-state index contributed by atoms with van der Waals surface area (Å²) in [6, 6.07) is 4.73. The zero-order valence-corrected chi connectivity index (χ0v) is 11.5. The Labute approximate surface area is 116 Å². The van der Waals surface area contributed by atoms with E-state index in [0.717, 1.165) is 0 Å². The normalized spacial score (nSPS) is 10.8. The van der Waals surface area contributed by atoms with Crippen LogP contribution in [0.1, 0.15) is 19.4 Å². The second kappa shape index (κ2) is 6.83. The summed E-state index contributed by atoms with van der Waals surface area (Å²) in [5, 5.41) is 11.0. The maximum Gasteiger partial charge on any atom is 0.293 e. The monoisotopic (exact) mass is 281 g/mol. The molecule has 0 radical (unpaired) electrons. The molecule has 0 saturated heterocycles. The number of hydrazine groups is 1. The van der Waals surface area contributed by atoms with Gasteiger partial charge in [0.25, 0.3) is 5.69 Å². The first-order chi connectivity index (χ1) is 9.36. The summed E-state index contributed by atoms with van der Waals surface area (Å²) in [7, 11) is 0. The molecule has 1 amide bonds. The molecule has 0 aliphatic rings. The standard InChI is InChI=1S/C12H19N5O3/c1-8(2)16(7-11(13)18)6-9-4-3-5-10(17(19)20)12(9)15-14/h3-5,8,15H,6-7,14H2,1-2H3,(H2,13,18). The van der Waals surface area contributed by atoms with Gasteiger partial charge in [-0.05, 0) is 19.4 Å². The van der Waals surface area contributed by atoms with Crippen LogP contribution in [-0.2, 0) is 11.3 Å². The van der Waals surface area contributed by atoms with Crippen molar-refractivity contribution in [3.63, 3.8) is 0 Å². The number of nitrogens with one attached hydrogen (secondary N) is 1. The number of primary amides is 1. The van der Waals surface area contributed by atoms with E-state index in [4.69, 9.17) is 11.6 Å². The van der Waals surface area contributed by atoms with Crippen LogP contribution in [0.25, 0.3) is 0 Å². The molecule has 5 N–H and O–H groups in total. The van der Waals surface area contributed by atoms with Crippen LogP contribution in [0, 0.1) is 10.1 Å². The van der Waals surface area contributed by atoms with E-state index in [1.54, 1.807) is 12.1 Å². The molecule has 0 aliphatic carbocycles. The van der Waals surface area contributed by atoms with Gasteiger partial charge in [-0.3, -0.25) is 25.7 Å². The predicted octanol–water partition coefficient (Wildman–Crippen LogP) is 0.576. The van der Waals surface area contributed by atoms with Gasteiger partial charge in [-0.1, -0.05) is 12.1 Å². The molecule has 1 rings (SSSR count). The zero-order valence-electron chi connectivity index (χ0n) is 11.5. The van der Waals surface area contributed by atoms with Gasteiger partial charge < -0.3 is 11.2 Å². The van der Waals surface area contributed by atoms with E-state index in [9.17, 15) is 14.9 Å². The molecule has 0 bridgehead atoms. The van der Waals surface area contributed by atoms with Gasteiger partial charge in [0.05, 0.1) is 11.5 Å². The number of benzene rings is 1. The minimum Gasteiger partial charge on any atom is -0.369 e. The van der Waals surface area contributed by atoms with E-state index in [1.807, 2.05) is 18.7 Å². The number of amides is 1. The Hall–Kier alpha value is -2.19. The summed E-state index contributed by atoms with van der Waals surface area (Å²) >= 11 is 0. The first-order valence-corrected chi connectivity index (χ1v) is 6.12. The average Bonchev–Trinajstić information content (AvgIpc) is 2.36. The van der Waals surface area contributed by atoms with Crippen molar-refractivity contribution in [1.82, 2.24) is 4.90 Å². The number of nitro groups is 1. The third kappa shape index (κ3) is 3.90. The average molecular weight is 281 g/mol. The van der Waals surface area contributed by atoms with Crippen LogP contribution < -0.4 is 17.0 Å². The number of nitrogens with zero attached hydrogens (tertiary/aromatic N) is 2. The lowest BCUT2D eigenvalue weighted by Gasteiger charge is -2.25. The van der Waals surface area contributed by atoms with Crippen LogP contribution in [0.4, 0.5) is 11.4 Å². The number of rotatable bonds is 7. The smallest absolute Gasteiger partial charge is 0.293 e. The molecule has 0 aromatic heterocycles. The summed E-state index contributed by atoms with van der Waals surface area (Å²) < 4.78 is 0. The first-order valence-electron chi connectivity index (χ1n) is 6.12. The highest BCUT2D eigenvalue weighted by molar-refractivity contribution is 5.76. The van der Waals surface area contributed by atoms with Crippen LogP contribution in [0.2, 0.25) is 0 Å². The maximum atomic E-state index is 11.1. The Bertz CT molecular complexity index is 504. The van der Waals surface area contributed by atoms with Crippen molar-refractivity contribution < 1.29 is 9.72 Å². The van der Waals surface area contributed by atoms with Crippen molar-refractivity contribution in [2.24, 2.45) is 11.6 Å². The van der Waals surface area contributed by atoms with Crippen molar-refractivity contribution in [3.8, 4) is 0 Å². The lowest BCUT2D eigenvalue weighted by Crippen LogP contribution is -2.38. The van der Waals surface area contributed by atoms with Crippen LogP contribution >= 0.6 is 0 Å². The first kappa shape index (κ1) is 15.9. The molecule has 8 heteroatoms. The predicted molar refractivity (Wildman–Crippen MR) is 75.6 cm³/mol. The molecule has 8 nitrogen and oxygen atoms in total. The molecule has 1 aromatic carbocycles. The second-order valence-electron chi connectivity index (χ2n) is 4.68. The van der Waals surface area contributed by atoms with Gasteiger partial charge in [0.1, 0.15) is 5.69 Å². The zero-order chi connectivity index (χ0) is 15.3. The van der Waals surface area contributed by atoms with Gasteiger partial charge in [-0.15, -0.1) is 0 Å². The van der Waals surface area contributed by atoms with E-state index in [1.165, 1.54) is 6.07 Å². The van der Waals surface area contributed by atoms with Crippen LogP contribution in [0.15, 0.2) is 18.2 Å². The minimum absolute atomic E-state index is 0.0624. The topological polar surface area (TPSA) is 128 Å². The van der Waals surface area contributed by atoms with Crippen LogP contribution in [0.5, 0.6) is 0 Å². The summed E-state index contributed by atoms with van der Waals surface area (Å²) in [5.41, 5.74) is 8.34. The van der Waals surface area contributed by atoms with Crippen molar-refractivity contribution >= 4 is 17.3 Å². The number of nitro benzene ring substituents is 1. The largest absolute Gasteiger partial charge is 0.369 e. The summed E-state index contributed by atoms with van der Waals surface area (Å²) in [4.78, 5) is 23.3. The number of hydrogen-bond donors (Lipinski definition) is 3. The van der Waals surface area contributed by atoms with Crippen LogP contribution in [0.3, 0.4) is 0 Å². The van der Waals surface area contributed by atoms with Gasteiger partial charge in [-0.25, -0.2) is 0 Å². The third-order valence-electron chi connectivity index (χ3n) is 2.93. The van der Waals surface area contributed by atoms with E-state index in [-0.39, 0.29) is 24.0 Å². The fourth-order valence-corrected chi connectivity index (χ4v) is 1.88. The highest BCUT2D eigenvalue weighted by Crippen LogP contribution is 2.28. The van der Waals surface area contributed by atoms with E-state index in [2.05, 4.69) is 5.43 Å². The highest BCUT2D eigenvalue weighted by atomic mass is 16.6. The molecular weight excluding hydrogens is 262 g/mol. The Balaban J connectivity index is 3.09. The number of nitrogen functional groups attached to an aromatic ring is 1. The molecule has 0 heterocycles. The highest BCUT2D eigenvalue weighted by Gasteiger charge is 2.20. The van der Waals surface area contributed by atoms with E-state index in [0.29, 0.717) is 12.1 Å². The number of para-hydroxylation sites is 1. The van der Waals surface area contributed by atoms with Gasteiger partial charge in [0.2, 0.25) is 5.91 Å². The fourth-order valence-electron chi connectivity index (χ4n) is 1.88. The molecule has 110 valence electrons. The van der Waals surface area contributed by atoms with Crippen molar-refractivity contribution in [2.75, 3.05) is 12.0 Å². The van der Waals surface area contributed by atoms with Gasteiger partial charge in [0.15, 0.2) is 0 Å². The summed E-state index contributed by atoms with van der Waals surface area (Å²) in [6.45, 7) is 4.23. The maximum absolute atomic E-state index is 11.1. The fraction of sp³-hybridized carbons (Fsp3) is 0.417. The molecule has 1 aromatic rings. The van der Waals surface area contributed by atoms with Crippen molar-refractivity contribution in [3.05, 3.63) is 33.9 Å². The quantitative estimate of drug-likeness (QED) is 0.381. The van der Waals surface area contributed by atoms with E-state index >= 15 is 0 Å². The number of hydrogen-bond acceptors (Lipinski definition) is 6. The van der Waals surface area contributed by atoms with Gasteiger partial charge in [0, 0.05) is 18.7 Å². The molecule has 0 fully saturated rings. The molecule has 0 saturated carbocycles. The number of carbonyl (C=O) groups excluding carboxylic acids is 1. The molecule has 20 heavy (non-hydrogen) atoms. The lowest BCUT2D eigenvalue weighted by molar-refractivity contribution is -0.384. The Morgan fingerprint density at radius 3 is 2.60 bits per heavy atom. The molecule has 0 unspecified atom stereocenters. The van der Waals surface area contributed by atoms with Crippen molar-refractivity contribution in [2.45, 2.75) is 26.4 Å². The van der Waals surface area contributed by atoms with Crippen molar-refractivity contribution in [1.29, 1.82) is 0 Å². The number of anilines is 1. The van der Waals surface area contributed by atoms with Gasteiger partial charge in [-0.2, -0.15) is 0 Å². The second-order valence-corrected chi connectivity index (χ2v) is 4.68. The SMILES string of the molecule is CC(C)N(CC(N)=O)Cc1cccc([N+](=O)[O-])c1NN. The molecular formula is C12H19N5O3. The number of carbonyl (C=O) groups is 1. The molecule has 0 atom stereocenters. The van der Waals surface area contributed by atoms with Crippen LogP contribution in [-0.4, -0.2) is 28.3 Å². The molecule has 0 aliphatic heterocycles. The van der Waals surface area contributed by atoms with Gasteiger partial charge >= 0.3 is 0 Å². The Morgan fingerprint density at radius 2 is 2.15 bits per heavy atom. The third-order valence-corrected chi connectivity index (χ3v) is 2.93.